The van der Waals surface area contributed by atoms with E-state index in [1.807, 2.05) is 12.2 Å². The normalized spacial score (nSPS) is 14.6. The Balaban J connectivity index is 4.96. The molecule has 2 N–H and O–H groups in total. The van der Waals surface area contributed by atoms with E-state index in [0.717, 1.165) is 116 Å². The lowest BCUT2D eigenvalue weighted by atomic mass is 10.1. The maximum absolute atomic E-state index is 12.9. The minimum atomic E-state index is -4.79. The largest absolute Gasteiger partial charge is 0.472 e. The SMILES string of the molecule is CC/C=C\C/C=C\C/C=C\C/C=C\C/C=C\CCCCCC(=O)OC(COC(=O)C/C=C\C/C=C\C/C=C\C/C=C\C/C=C\CC)COP(=O)(O)OCC(CO)OC(=O)CCCCC/C=C\C/C=C\C/C=C\CC. The van der Waals surface area contributed by atoms with Crippen LogP contribution < -0.4 is 0 Å². The third-order valence-electron chi connectivity index (χ3n) is 10.5. The molecule has 0 fully saturated rings. The summed E-state index contributed by atoms with van der Waals surface area (Å²) in [6.45, 7) is 4.07. The van der Waals surface area contributed by atoms with Gasteiger partial charge in [-0.3, -0.25) is 23.4 Å². The third-order valence-corrected chi connectivity index (χ3v) is 11.4. The van der Waals surface area contributed by atoms with Gasteiger partial charge in [0.1, 0.15) is 12.7 Å². The zero-order valence-electron chi connectivity index (χ0n) is 45.5. The van der Waals surface area contributed by atoms with Crippen LogP contribution in [0.25, 0.3) is 0 Å². The highest BCUT2D eigenvalue weighted by Gasteiger charge is 2.28. The van der Waals surface area contributed by atoms with E-state index in [4.69, 9.17) is 23.3 Å². The molecule has 414 valence electrons. The second kappa shape index (κ2) is 54.4. The van der Waals surface area contributed by atoms with Crippen molar-refractivity contribution in [2.24, 2.45) is 0 Å². The molecule has 12 heteroatoms. The van der Waals surface area contributed by atoms with Gasteiger partial charge in [0, 0.05) is 12.8 Å². The second-order valence-electron chi connectivity index (χ2n) is 17.3. The Morgan fingerprint density at radius 3 is 1.05 bits per heavy atom. The maximum atomic E-state index is 12.9. The van der Waals surface area contributed by atoms with Crippen molar-refractivity contribution < 1.29 is 52.2 Å². The van der Waals surface area contributed by atoms with Gasteiger partial charge in [0.15, 0.2) is 6.10 Å². The van der Waals surface area contributed by atoms with E-state index in [9.17, 15) is 28.9 Å². The van der Waals surface area contributed by atoms with Gasteiger partial charge in [-0.1, -0.05) is 192 Å². The maximum Gasteiger partial charge on any atom is 0.472 e. The minimum absolute atomic E-state index is 0.0248. The van der Waals surface area contributed by atoms with Crippen LogP contribution in [0, 0.1) is 0 Å². The molecule has 0 bridgehead atoms. The van der Waals surface area contributed by atoms with Crippen LogP contribution in [0.15, 0.2) is 158 Å². The molecule has 0 amide bonds. The van der Waals surface area contributed by atoms with Gasteiger partial charge in [-0.15, -0.1) is 0 Å². The number of esters is 3. The molecule has 3 atom stereocenters. The van der Waals surface area contributed by atoms with Crippen molar-refractivity contribution >= 4 is 25.7 Å². The molecule has 0 aromatic rings. The molecule has 0 saturated heterocycles. The number of phosphoric ester groups is 1. The predicted octanol–water partition coefficient (Wildman–Crippen LogP) is 16.1. The fourth-order valence-corrected chi connectivity index (χ4v) is 7.19. The van der Waals surface area contributed by atoms with Crippen LogP contribution in [-0.2, 0) is 42.2 Å². The molecule has 0 aliphatic carbocycles. The van der Waals surface area contributed by atoms with Gasteiger partial charge in [-0.25, -0.2) is 4.57 Å². The number of hydrogen-bond acceptors (Lipinski definition) is 10. The lowest BCUT2D eigenvalue weighted by Crippen LogP contribution is -2.30. The number of carbonyl (C=O) groups excluding carboxylic acids is 3. The Kier molecular flexibility index (Phi) is 50.8. The number of allylic oxidation sites excluding steroid dienone is 25. The average Bonchev–Trinajstić information content (AvgIpc) is 3.39. The molecule has 0 aliphatic rings. The van der Waals surface area contributed by atoms with E-state index in [0.29, 0.717) is 19.3 Å². The minimum Gasteiger partial charge on any atom is -0.461 e. The summed E-state index contributed by atoms with van der Waals surface area (Å²) in [7, 11) is -4.79. The van der Waals surface area contributed by atoms with Crippen molar-refractivity contribution in [1.29, 1.82) is 0 Å². The fraction of sp³-hybridized carbons (Fsp3) is 0.532. The topological polar surface area (TPSA) is 155 Å². The molecule has 0 spiro atoms. The number of unbranched alkanes of at least 4 members (excludes halogenated alkanes) is 6. The van der Waals surface area contributed by atoms with Gasteiger partial charge in [0.25, 0.3) is 0 Å². The van der Waals surface area contributed by atoms with Gasteiger partial charge >= 0.3 is 25.7 Å². The Hall–Kier alpha value is -4.90. The van der Waals surface area contributed by atoms with Crippen molar-refractivity contribution in [3.63, 3.8) is 0 Å². The van der Waals surface area contributed by atoms with Crippen LogP contribution >= 0.6 is 7.82 Å². The molecule has 0 aliphatic heterocycles. The summed E-state index contributed by atoms with van der Waals surface area (Å²) in [6.07, 6.45) is 71.0. The van der Waals surface area contributed by atoms with Crippen LogP contribution in [0.5, 0.6) is 0 Å². The Morgan fingerprint density at radius 2 is 0.703 bits per heavy atom. The monoisotopic (exact) mass is 1050 g/mol. The average molecular weight is 1050 g/mol. The molecule has 0 saturated carbocycles. The van der Waals surface area contributed by atoms with Crippen molar-refractivity contribution in [3.8, 4) is 0 Å². The number of aliphatic hydroxyl groups is 1. The van der Waals surface area contributed by atoms with Crippen molar-refractivity contribution in [2.75, 3.05) is 26.4 Å². The molecule has 0 aromatic heterocycles. The van der Waals surface area contributed by atoms with Gasteiger partial charge in [0.2, 0.25) is 0 Å². The zero-order chi connectivity index (χ0) is 54.1. The fourth-order valence-electron chi connectivity index (χ4n) is 6.41. The molecular weight excluding hydrogens is 952 g/mol. The first-order valence-electron chi connectivity index (χ1n) is 27.4. The lowest BCUT2D eigenvalue weighted by Gasteiger charge is -2.21. The first-order chi connectivity index (χ1) is 36.2. The zero-order valence-corrected chi connectivity index (χ0v) is 46.4. The van der Waals surface area contributed by atoms with Gasteiger partial charge in [0.05, 0.1) is 26.2 Å². The summed E-state index contributed by atoms with van der Waals surface area (Å²) >= 11 is 0. The number of carbonyl (C=O) groups is 3. The summed E-state index contributed by atoms with van der Waals surface area (Å²) in [5, 5.41) is 9.79. The highest BCUT2D eigenvalue weighted by atomic mass is 31.2. The molecule has 74 heavy (non-hydrogen) atoms. The van der Waals surface area contributed by atoms with Crippen LogP contribution in [0.2, 0.25) is 0 Å². The summed E-state index contributed by atoms with van der Waals surface area (Å²) in [5.41, 5.74) is 0. The van der Waals surface area contributed by atoms with Crippen molar-refractivity contribution in [2.45, 2.75) is 187 Å². The van der Waals surface area contributed by atoms with Crippen LogP contribution in [0.4, 0.5) is 0 Å². The molecule has 0 aromatic carbocycles. The van der Waals surface area contributed by atoms with E-state index in [-0.39, 0.29) is 19.3 Å². The highest BCUT2D eigenvalue weighted by Crippen LogP contribution is 2.43. The Morgan fingerprint density at radius 1 is 0.392 bits per heavy atom. The van der Waals surface area contributed by atoms with Crippen LogP contribution in [0.1, 0.15) is 175 Å². The molecular formula is C62H95O11P. The van der Waals surface area contributed by atoms with Crippen LogP contribution in [0.3, 0.4) is 0 Å². The predicted molar refractivity (Wildman–Crippen MR) is 306 cm³/mol. The van der Waals surface area contributed by atoms with Crippen molar-refractivity contribution in [3.05, 3.63) is 158 Å². The van der Waals surface area contributed by atoms with E-state index in [1.165, 1.54) is 0 Å². The van der Waals surface area contributed by atoms with Crippen LogP contribution in [-0.4, -0.2) is 66.5 Å². The van der Waals surface area contributed by atoms with E-state index < -0.39 is 64.4 Å². The summed E-state index contributed by atoms with van der Waals surface area (Å²) in [6, 6.07) is 0. The van der Waals surface area contributed by atoms with E-state index >= 15 is 0 Å². The standard InChI is InChI=1S/C62H95O11P/c1-4-7-10-13-16-19-22-25-27-28-29-30-32-35-38-41-44-47-50-53-62(66)73-59(55-69-60(64)51-48-45-42-39-36-34-31-26-23-20-17-14-11-8-5-2)57-71-74(67,68)70-56-58(54-63)72-61(65)52-49-46-43-40-37-33-24-21-18-15-12-9-6-3/h7-12,16-21,25-27,29-31,33,35-39,45,48,58-59,63H,4-6,13-15,22-24,28,32,34,40-44,46-47,49-57H2,1-3H3,(H,67,68)/b10-7-,11-8-,12-9-,19-16-,20-17-,21-18-,27-25-,30-29-,31-26-,37-33-,38-35-,39-36-,48-45-. The smallest absolute Gasteiger partial charge is 0.461 e. The van der Waals surface area contributed by atoms with Gasteiger partial charge in [-0.2, -0.15) is 0 Å². The third kappa shape index (κ3) is 52.0. The number of aliphatic hydroxyl groups excluding tert-OH is 1. The van der Waals surface area contributed by atoms with Gasteiger partial charge in [-0.05, 0) is 122 Å². The second-order valence-corrected chi connectivity index (χ2v) is 18.7. The molecule has 0 heterocycles. The number of ether oxygens (including phenoxy) is 3. The highest BCUT2D eigenvalue weighted by molar-refractivity contribution is 7.47. The van der Waals surface area contributed by atoms with E-state index in [2.05, 4.69) is 161 Å². The summed E-state index contributed by atoms with van der Waals surface area (Å²) < 4.78 is 39.3. The Bertz CT molecular complexity index is 1840. The first-order valence-corrected chi connectivity index (χ1v) is 28.9. The molecule has 11 nitrogen and oxygen atoms in total. The van der Waals surface area contributed by atoms with E-state index in [1.54, 1.807) is 6.08 Å². The summed E-state index contributed by atoms with van der Waals surface area (Å²) in [4.78, 5) is 48.4. The number of phosphoric acid groups is 1. The number of hydrogen-bond donors (Lipinski definition) is 2. The molecule has 0 radical (unpaired) electrons. The lowest BCUT2D eigenvalue weighted by molar-refractivity contribution is -0.161. The summed E-state index contributed by atoms with van der Waals surface area (Å²) in [5.74, 6) is -1.71. The van der Waals surface area contributed by atoms with Gasteiger partial charge < -0.3 is 24.2 Å². The molecule has 3 unspecified atom stereocenters. The molecule has 0 rings (SSSR count). The van der Waals surface area contributed by atoms with Crippen molar-refractivity contribution in [1.82, 2.24) is 0 Å². The quantitative estimate of drug-likeness (QED) is 0.0197. The first kappa shape index (κ1) is 69.1. The Labute approximate surface area is 447 Å². The number of rotatable bonds is 48.